The van der Waals surface area contributed by atoms with Gasteiger partial charge in [-0.25, -0.2) is 0 Å². The Kier molecular flexibility index (Phi) is 5.63. The normalized spacial score (nSPS) is 10.8. The molecule has 0 radical (unpaired) electrons. The van der Waals surface area contributed by atoms with Crippen molar-refractivity contribution in [3.05, 3.63) is 18.2 Å². The van der Waals surface area contributed by atoms with Crippen LogP contribution in [0.15, 0.2) is 18.2 Å². The van der Waals surface area contributed by atoms with E-state index < -0.39 is 0 Å². The molecule has 4 nitrogen and oxygen atoms in total. The van der Waals surface area contributed by atoms with Gasteiger partial charge < -0.3 is 20.3 Å². The first-order valence-electron chi connectivity index (χ1n) is 5.89. The number of phenolic OH excluding ortho intramolecular Hbond substituents is 1. The Morgan fingerprint density at radius 1 is 1.24 bits per heavy atom. The molecule has 0 amide bonds. The van der Waals surface area contributed by atoms with Crippen molar-refractivity contribution in [2.75, 3.05) is 25.6 Å². The van der Waals surface area contributed by atoms with E-state index in [0.29, 0.717) is 24.9 Å². The monoisotopic (exact) mass is 239 g/mol. The molecule has 17 heavy (non-hydrogen) atoms. The number of nitrogen functional groups attached to an aromatic ring is 1. The van der Waals surface area contributed by atoms with Crippen LogP contribution >= 0.6 is 0 Å². The number of benzene rings is 1. The molecule has 96 valence electrons. The van der Waals surface area contributed by atoms with Crippen LogP contribution in [0.2, 0.25) is 0 Å². The van der Waals surface area contributed by atoms with Gasteiger partial charge >= 0.3 is 0 Å². The first kappa shape index (κ1) is 13.6. The molecule has 0 atom stereocenters. The van der Waals surface area contributed by atoms with Crippen LogP contribution in [0.1, 0.15) is 20.3 Å². The Labute approximate surface area is 102 Å². The van der Waals surface area contributed by atoms with E-state index in [1.54, 1.807) is 12.1 Å². The summed E-state index contributed by atoms with van der Waals surface area (Å²) in [5.41, 5.74) is 5.92. The third-order valence-corrected chi connectivity index (χ3v) is 2.37. The van der Waals surface area contributed by atoms with Crippen molar-refractivity contribution in [3.8, 4) is 11.5 Å². The van der Waals surface area contributed by atoms with Crippen molar-refractivity contribution >= 4 is 5.69 Å². The lowest BCUT2D eigenvalue weighted by molar-refractivity contribution is 0.0927. The molecule has 0 heterocycles. The molecule has 1 aromatic carbocycles. The topological polar surface area (TPSA) is 64.7 Å². The van der Waals surface area contributed by atoms with Gasteiger partial charge in [0.1, 0.15) is 23.8 Å². The van der Waals surface area contributed by atoms with Gasteiger partial charge in [-0.1, -0.05) is 19.9 Å². The van der Waals surface area contributed by atoms with E-state index in [4.69, 9.17) is 15.2 Å². The van der Waals surface area contributed by atoms with Crippen LogP contribution in [0.5, 0.6) is 11.5 Å². The number of anilines is 1. The zero-order valence-corrected chi connectivity index (χ0v) is 10.5. The summed E-state index contributed by atoms with van der Waals surface area (Å²) in [6.07, 6.45) is 1.05. The molecule has 0 aromatic heterocycles. The number of para-hydroxylation sites is 1. The van der Waals surface area contributed by atoms with Gasteiger partial charge in [0.2, 0.25) is 0 Å². The molecular formula is C13H21NO3. The Balaban J connectivity index is 2.20. The molecule has 0 saturated carbocycles. The Morgan fingerprint density at radius 3 is 2.71 bits per heavy atom. The highest BCUT2D eigenvalue weighted by Gasteiger charge is 2.04. The average Bonchev–Trinajstić information content (AvgIpc) is 2.28. The minimum atomic E-state index is 0.0447. The van der Waals surface area contributed by atoms with Gasteiger partial charge in [0.15, 0.2) is 0 Å². The summed E-state index contributed by atoms with van der Waals surface area (Å²) in [5.74, 6) is 1.19. The number of nitrogens with two attached hydrogens (primary N) is 1. The first-order chi connectivity index (χ1) is 8.11. The number of rotatable bonds is 7. The Bertz CT molecular complexity index is 339. The van der Waals surface area contributed by atoms with Crippen LogP contribution in [0, 0.1) is 5.92 Å². The van der Waals surface area contributed by atoms with E-state index in [-0.39, 0.29) is 11.4 Å². The van der Waals surface area contributed by atoms with Crippen LogP contribution < -0.4 is 10.5 Å². The third kappa shape index (κ3) is 4.95. The van der Waals surface area contributed by atoms with Crippen LogP contribution in [0.25, 0.3) is 0 Å². The van der Waals surface area contributed by atoms with Gasteiger partial charge in [-0.3, -0.25) is 0 Å². The van der Waals surface area contributed by atoms with E-state index >= 15 is 0 Å². The molecule has 0 spiro atoms. The summed E-state index contributed by atoms with van der Waals surface area (Å²) >= 11 is 0. The smallest absolute Gasteiger partial charge is 0.146 e. The highest BCUT2D eigenvalue weighted by atomic mass is 16.5. The molecule has 0 bridgehead atoms. The summed E-state index contributed by atoms with van der Waals surface area (Å²) in [5, 5.41) is 9.37. The number of hydrogen-bond donors (Lipinski definition) is 2. The number of phenols is 1. The van der Waals surface area contributed by atoms with Gasteiger partial charge in [-0.05, 0) is 24.5 Å². The molecule has 0 aliphatic carbocycles. The first-order valence-corrected chi connectivity index (χ1v) is 5.89. The Morgan fingerprint density at radius 2 is 2.00 bits per heavy atom. The van der Waals surface area contributed by atoms with Crippen molar-refractivity contribution in [2.45, 2.75) is 20.3 Å². The fraction of sp³-hybridized carbons (Fsp3) is 0.538. The highest BCUT2D eigenvalue weighted by Crippen LogP contribution is 2.29. The van der Waals surface area contributed by atoms with E-state index in [1.165, 1.54) is 6.07 Å². The highest BCUT2D eigenvalue weighted by molar-refractivity contribution is 5.61. The predicted molar refractivity (Wildman–Crippen MR) is 68.3 cm³/mol. The van der Waals surface area contributed by atoms with Crippen molar-refractivity contribution < 1.29 is 14.6 Å². The van der Waals surface area contributed by atoms with Gasteiger partial charge in [0.25, 0.3) is 0 Å². The minimum absolute atomic E-state index is 0.0447. The SMILES string of the molecule is CC(C)CCOCCOc1cccc(O)c1N. The van der Waals surface area contributed by atoms with Crippen LogP contribution in [0.4, 0.5) is 5.69 Å². The summed E-state index contributed by atoms with van der Waals surface area (Å²) in [6, 6.07) is 4.95. The molecule has 3 N–H and O–H groups in total. The van der Waals surface area contributed by atoms with Gasteiger partial charge in [-0.15, -0.1) is 0 Å². The quantitative estimate of drug-likeness (QED) is 0.435. The summed E-state index contributed by atoms with van der Waals surface area (Å²) in [6.45, 7) is 6.03. The van der Waals surface area contributed by atoms with Crippen molar-refractivity contribution in [1.29, 1.82) is 0 Å². The summed E-state index contributed by atoms with van der Waals surface area (Å²) in [4.78, 5) is 0. The third-order valence-electron chi connectivity index (χ3n) is 2.37. The second-order valence-corrected chi connectivity index (χ2v) is 4.33. The second-order valence-electron chi connectivity index (χ2n) is 4.33. The zero-order chi connectivity index (χ0) is 12.7. The van der Waals surface area contributed by atoms with Gasteiger partial charge in [-0.2, -0.15) is 0 Å². The lowest BCUT2D eigenvalue weighted by atomic mass is 10.1. The standard InChI is InChI=1S/C13H21NO3/c1-10(2)6-7-16-8-9-17-12-5-3-4-11(15)13(12)14/h3-5,10,15H,6-9,14H2,1-2H3. The molecule has 0 fully saturated rings. The van der Waals surface area contributed by atoms with Crippen molar-refractivity contribution in [3.63, 3.8) is 0 Å². The second kappa shape index (κ2) is 7.01. The number of ether oxygens (including phenoxy) is 2. The molecule has 1 rings (SSSR count). The molecule has 4 heteroatoms. The maximum atomic E-state index is 9.37. The maximum Gasteiger partial charge on any atom is 0.146 e. The van der Waals surface area contributed by atoms with E-state index in [9.17, 15) is 5.11 Å². The number of hydrogen-bond acceptors (Lipinski definition) is 4. The lowest BCUT2D eigenvalue weighted by Crippen LogP contribution is -2.09. The summed E-state index contributed by atoms with van der Waals surface area (Å²) < 4.78 is 10.8. The predicted octanol–water partition coefficient (Wildman–Crippen LogP) is 2.42. The molecule has 0 saturated heterocycles. The minimum Gasteiger partial charge on any atom is -0.506 e. The molecule has 0 aliphatic rings. The van der Waals surface area contributed by atoms with Gasteiger partial charge in [0.05, 0.1) is 6.61 Å². The molecule has 0 aliphatic heterocycles. The summed E-state index contributed by atoms with van der Waals surface area (Å²) in [7, 11) is 0. The van der Waals surface area contributed by atoms with E-state index in [1.807, 2.05) is 0 Å². The van der Waals surface area contributed by atoms with Crippen molar-refractivity contribution in [1.82, 2.24) is 0 Å². The van der Waals surface area contributed by atoms with Crippen molar-refractivity contribution in [2.24, 2.45) is 5.92 Å². The average molecular weight is 239 g/mol. The lowest BCUT2D eigenvalue weighted by Gasteiger charge is -2.10. The van der Waals surface area contributed by atoms with Gasteiger partial charge in [0, 0.05) is 6.61 Å². The Hall–Kier alpha value is -1.42. The van der Waals surface area contributed by atoms with Crippen LogP contribution in [0.3, 0.4) is 0 Å². The molecular weight excluding hydrogens is 218 g/mol. The fourth-order valence-corrected chi connectivity index (χ4v) is 1.29. The molecule has 1 aromatic rings. The maximum absolute atomic E-state index is 9.37. The largest absolute Gasteiger partial charge is 0.506 e. The fourth-order valence-electron chi connectivity index (χ4n) is 1.29. The van der Waals surface area contributed by atoms with E-state index in [2.05, 4.69) is 13.8 Å². The zero-order valence-electron chi connectivity index (χ0n) is 10.5. The molecule has 0 unspecified atom stereocenters. The number of aromatic hydroxyl groups is 1. The van der Waals surface area contributed by atoms with Crippen LogP contribution in [-0.4, -0.2) is 24.9 Å². The van der Waals surface area contributed by atoms with Crippen LogP contribution in [-0.2, 0) is 4.74 Å². The van der Waals surface area contributed by atoms with E-state index in [0.717, 1.165) is 13.0 Å².